The highest BCUT2D eigenvalue weighted by atomic mass is 79.9. The Labute approximate surface area is 157 Å². The standard InChI is InChI=1S/C17H28BrNO6/c1-11(10-12(18)13(20)21)8-9-19(14(22)24-16(2,3)4)15(23)25-17(5,6)7/h10-11H,8-9H2,1-7H3,(H,20,21)/b12-10-. The monoisotopic (exact) mass is 421 g/mol. The molecule has 1 atom stereocenters. The summed E-state index contributed by atoms with van der Waals surface area (Å²) in [6.45, 7) is 12.0. The Hall–Kier alpha value is -1.57. The van der Waals surface area contributed by atoms with Crippen LogP contribution in [0.3, 0.4) is 0 Å². The molecule has 0 spiro atoms. The number of aliphatic carboxylic acids is 1. The van der Waals surface area contributed by atoms with Gasteiger partial charge in [0.05, 0.1) is 4.48 Å². The Bertz CT molecular complexity index is 502. The number of imide groups is 1. The maximum absolute atomic E-state index is 12.3. The molecule has 0 aromatic rings. The largest absolute Gasteiger partial charge is 0.477 e. The fourth-order valence-corrected chi connectivity index (χ4v) is 2.08. The van der Waals surface area contributed by atoms with Crippen molar-refractivity contribution in [2.24, 2.45) is 5.92 Å². The number of carbonyl (C=O) groups is 3. The van der Waals surface area contributed by atoms with Crippen molar-refractivity contribution in [1.82, 2.24) is 4.90 Å². The number of carbonyl (C=O) groups excluding carboxylic acids is 2. The third-order valence-corrected chi connectivity index (χ3v) is 3.27. The van der Waals surface area contributed by atoms with Gasteiger partial charge in [0.2, 0.25) is 0 Å². The molecule has 8 heteroatoms. The number of amides is 2. The van der Waals surface area contributed by atoms with Gasteiger partial charge in [-0.1, -0.05) is 13.0 Å². The lowest BCUT2D eigenvalue weighted by molar-refractivity contribution is -0.131. The van der Waals surface area contributed by atoms with Crippen LogP contribution in [0.15, 0.2) is 10.6 Å². The van der Waals surface area contributed by atoms with Crippen molar-refractivity contribution in [2.45, 2.75) is 66.1 Å². The molecule has 0 aliphatic rings. The fraction of sp³-hybridized carbons (Fsp3) is 0.706. The highest BCUT2D eigenvalue weighted by Gasteiger charge is 2.31. The van der Waals surface area contributed by atoms with Crippen molar-refractivity contribution in [3.8, 4) is 0 Å². The molecule has 0 aromatic heterocycles. The number of nitrogens with zero attached hydrogens (tertiary/aromatic N) is 1. The maximum atomic E-state index is 12.3. The number of allylic oxidation sites excluding steroid dienone is 1. The van der Waals surface area contributed by atoms with Crippen LogP contribution in [0.2, 0.25) is 0 Å². The first kappa shape index (κ1) is 23.4. The molecule has 0 aromatic carbocycles. The number of hydrogen-bond acceptors (Lipinski definition) is 5. The van der Waals surface area contributed by atoms with Crippen LogP contribution in [0.1, 0.15) is 54.9 Å². The van der Waals surface area contributed by atoms with E-state index < -0.39 is 29.4 Å². The zero-order chi connectivity index (χ0) is 20.0. The van der Waals surface area contributed by atoms with Crippen LogP contribution < -0.4 is 0 Å². The third kappa shape index (κ3) is 10.8. The molecule has 0 aliphatic carbocycles. The lowest BCUT2D eigenvalue weighted by atomic mass is 10.1. The van der Waals surface area contributed by atoms with E-state index in [1.807, 2.05) is 0 Å². The van der Waals surface area contributed by atoms with E-state index in [1.54, 1.807) is 48.5 Å². The smallest absolute Gasteiger partial charge is 0.419 e. The molecular weight excluding hydrogens is 394 g/mol. The first-order valence-corrected chi connectivity index (χ1v) is 8.76. The van der Waals surface area contributed by atoms with Crippen molar-refractivity contribution in [1.29, 1.82) is 0 Å². The Kier molecular flexibility index (Phi) is 8.64. The van der Waals surface area contributed by atoms with E-state index in [9.17, 15) is 14.4 Å². The zero-order valence-electron chi connectivity index (χ0n) is 15.9. The van der Waals surface area contributed by atoms with E-state index in [4.69, 9.17) is 14.6 Å². The summed E-state index contributed by atoms with van der Waals surface area (Å²) in [5.41, 5.74) is -1.51. The second kappa shape index (κ2) is 9.22. The van der Waals surface area contributed by atoms with E-state index in [2.05, 4.69) is 15.9 Å². The first-order chi connectivity index (χ1) is 11.1. The molecule has 2 amide bonds. The highest BCUT2D eigenvalue weighted by Crippen LogP contribution is 2.18. The molecule has 0 rings (SSSR count). The number of rotatable bonds is 5. The molecule has 0 aliphatic heterocycles. The Morgan fingerprint density at radius 1 is 1.04 bits per heavy atom. The van der Waals surface area contributed by atoms with E-state index in [-0.39, 0.29) is 16.9 Å². The summed E-state index contributed by atoms with van der Waals surface area (Å²) in [5.74, 6) is -1.26. The summed E-state index contributed by atoms with van der Waals surface area (Å²) >= 11 is 2.95. The van der Waals surface area contributed by atoms with Crippen LogP contribution in [-0.2, 0) is 14.3 Å². The van der Waals surface area contributed by atoms with Gasteiger partial charge in [-0.2, -0.15) is 0 Å². The second-order valence-corrected chi connectivity index (χ2v) is 8.55. The molecule has 0 radical (unpaired) electrons. The predicted octanol–water partition coefficient (Wildman–Crippen LogP) is 4.55. The Morgan fingerprint density at radius 3 is 1.76 bits per heavy atom. The van der Waals surface area contributed by atoms with Crippen molar-refractivity contribution in [3.63, 3.8) is 0 Å². The molecule has 0 saturated heterocycles. The van der Waals surface area contributed by atoms with Gasteiger partial charge in [0.25, 0.3) is 0 Å². The SMILES string of the molecule is CC(/C=C(\Br)C(=O)O)CCN(C(=O)OC(C)(C)C)C(=O)OC(C)(C)C. The molecule has 0 heterocycles. The van der Waals surface area contributed by atoms with Gasteiger partial charge >= 0.3 is 18.2 Å². The molecule has 7 nitrogen and oxygen atoms in total. The minimum Gasteiger partial charge on any atom is -0.477 e. The maximum Gasteiger partial charge on any atom is 0.419 e. The molecule has 0 saturated carbocycles. The van der Waals surface area contributed by atoms with E-state index >= 15 is 0 Å². The molecule has 1 unspecified atom stereocenters. The van der Waals surface area contributed by atoms with Gasteiger partial charge in [-0.15, -0.1) is 0 Å². The van der Waals surface area contributed by atoms with Gasteiger partial charge in [-0.05, 0) is 69.8 Å². The molecular formula is C17H28BrNO6. The molecule has 0 fully saturated rings. The van der Waals surface area contributed by atoms with Gasteiger partial charge in [0.15, 0.2) is 0 Å². The molecule has 1 N–H and O–H groups in total. The van der Waals surface area contributed by atoms with Crippen LogP contribution >= 0.6 is 15.9 Å². The Balaban J connectivity index is 5.14. The highest BCUT2D eigenvalue weighted by molar-refractivity contribution is 9.12. The van der Waals surface area contributed by atoms with E-state index in [0.717, 1.165) is 4.90 Å². The van der Waals surface area contributed by atoms with Gasteiger partial charge < -0.3 is 14.6 Å². The van der Waals surface area contributed by atoms with Gasteiger partial charge in [0, 0.05) is 6.54 Å². The summed E-state index contributed by atoms with van der Waals surface area (Å²) in [6.07, 6.45) is 0.274. The zero-order valence-corrected chi connectivity index (χ0v) is 17.5. The second-order valence-electron chi connectivity index (χ2n) is 7.70. The van der Waals surface area contributed by atoms with Crippen molar-refractivity contribution < 1.29 is 29.0 Å². The Morgan fingerprint density at radius 2 is 1.44 bits per heavy atom. The number of halogens is 1. The fourth-order valence-electron chi connectivity index (χ4n) is 1.63. The van der Waals surface area contributed by atoms with E-state index in [1.165, 1.54) is 6.08 Å². The van der Waals surface area contributed by atoms with Gasteiger partial charge in [-0.25, -0.2) is 19.3 Å². The summed E-state index contributed by atoms with van der Waals surface area (Å²) < 4.78 is 10.5. The minimum atomic E-state index is -1.08. The van der Waals surface area contributed by atoms with Crippen molar-refractivity contribution in [2.75, 3.05) is 6.54 Å². The normalized spacial score (nSPS) is 13.8. The van der Waals surface area contributed by atoms with Crippen molar-refractivity contribution in [3.05, 3.63) is 10.6 Å². The van der Waals surface area contributed by atoms with E-state index in [0.29, 0.717) is 6.42 Å². The summed E-state index contributed by atoms with van der Waals surface area (Å²) in [7, 11) is 0. The summed E-state index contributed by atoms with van der Waals surface area (Å²) in [4.78, 5) is 36.4. The lowest BCUT2D eigenvalue weighted by Crippen LogP contribution is -2.44. The van der Waals surface area contributed by atoms with Gasteiger partial charge in [0.1, 0.15) is 11.2 Å². The third-order valence-electron chi connectivity index (χ3n) is 2.67. The average molecular weight is 422 g/mol. The topological polar surface area (TPSA) is 93.1 Å². The summed E-state index contributed by atoms with van der Waals surface area (Å²) in [6, 6.07) is 0. The number of ether oxygens (including phenoxy) is 2. The van der Waals surface area contributed by atoms with Crippen LogP contribution in [0.4, 0.5) is 9.59 Å². The number of carboxylic acids is 1. The average Bonchev–Trinajstić information content (AvgIpc) is 2.33. The first-order valence-electron chi connectivity index (χ1n) is 7.96. The number of hydrogen-bond donors (Lipinski definition) is 1. The number of carboxylic acid groups (broad SMARTS) is 1. The van der Waals surface area contributed by atoms with Gasteiger partial charge in [-0.3, -0.25) is 0 Å². The quantitative estimate of drug-likeness (QED) is 0.654. The van der Waals surface area contributed by atoms with Crippen LogP contribution in [0, 0.1) is 5.92 Å². The molecule has 0 bridgehead atoms. The minimum absolute atomic E-state index is 0.0288. The van der Waals surface area contributed by atoms with Crippen molar-refractivity contribution >= 4 is 34.1 Å². The van der Waals surface area contributed by atoms with Crippen LogP contribution in [0.25, 0.3) is 0 Å². The lowest BCUT2D eigenvalue weighted by Gasteiger charge is -2.29. The predicted molar refractivity (Wildman–Crippen MR) is 97.6 cm³/mol. The van der Waals surface area contributed by atoms with Crippen LogP contribution in [-0.4, -0.2) is 45.9 Å². The van der Waals surface area contributed by atoms with Crippen LogP contribution in [0.5, 0.6) is 0 Å². The molecule has 144 valence electrons. The molecule has 25 heavy (non-hydrogen) atoms. The summed E-state index contributed by atoms with van der Waals surface area (Å²) in [5, 5.41) is 8.87.